The molecule has 0 heterocycles. The third-order valence-electron chi connectivity index (χ3n) is 14.3. The van der Waals surface area contributed by atoms with Crippen LogP contribution >= 0.6 is 15.8 Å². The Bertz CT molecular complexity index is 802. The van der Waals surface area contributed by atoms with Gasteiger partial charge < -0.3 is 19.8 Å². The third-order valence-corrected chi connectivity index (χ3v) is 20.0. The predicted molar refractivity (Wildman–Crippen MR) is 313 cm³/mol. The summed E-state index contributed by atoms with van der Waals surface area (Å²) >= 11 is 0. The topological polar surface area (TPSA) is 80.3 Å². The van der Waals surface area contributed by atoms with Crippen LogP contribution in [0.15, 0.2) is 0 Å². The van der Waals surface area contributed by atoms with Crippen LogP contribution in [0.4, 0.5) is 0 Å². The molecular weight excluding hydrogens is 989 g/mol. The Balaban J connectivity index is -0.00000223. The van der Waals surface area contributed by atoms with Crippen molar-refractivity contribution >= 4 is 27.8 Å². The van der Waals surface area contributed by atoms with E-state index in [1.165, 1.54) is 283 Å². The van der Waals surface area contributed by atoms with E-state index in [9.17, 15) is 0 Å². The van der Waals surface area contributed by atoms with Crippen LogP contribution in [0.5, 0.6) is 0 Å². The molecule has 0 aliphatic carbocycles. The Labute approximate surface area is 458 Å². The minimum Gasteiger partial charge on any atom is -0.550 e. The van der Waals surface area contributed by atoms with Crippen molar-refractivity contribution in [2.24, 2.45) is 0 Å². The first-order chi connectivity index (χ1) is 33.7. The van der Waals surface area contributed by atoms with E-state index >= 15 is 0 Å². The number of rotatable bonds is 56. The quantitative estimate of drug-likeness (QED) is 0.0345. The van der Waals surface area contributed by atoms with Crippen LogP contribution in [0.25, 0.3) is 0 Å². The molecule has 7 heteroatoms. The fraction of sp³-hybridized carbons (Fsp3) is 0.968. The van der Waals surface area contributed by atoms with Crippen LogP contribution in [0, 0.1) is 0 Å². The van der Waals surface area contributed by atoms with Gasteiger partial charge in [0.25, 0.3) is 0 Å². The molecule has 0 radical (unpaired) electrons. The molecule has 0 atom stereocenters. The molecule has 4 nitrogen and oxygen atoms in total. The molecule has 0 amide bonds. The summed E-state index contributed by atoms with van der Waals surface area (Å²) in [6.45, 7) is 11.3. The normalized spacial score (nSPS) is 11.1. The number of unbranched alkanes of at least 4 members (excludes halogenated alkanes) is 44. The number of carboxylic acid groups (broad SMARTS) is 2. The average molecular weight is 1120 g/mol. The summed E-state index contributed by atoms with van der Waals surface area (Å²) in [4.78, 5) is 17.8. The number of aliphatic carboxylic acids is 2. The van der Waals surface area contributed by atoms with Crippen LogP contribution in [-0.4, -0.2) is 48.9 Å². The molecule has 424 valence electrons. The molecular formula is C63H128O4P2Pd. The molecule has 0 bridgehead atoms. The van der Waals surface area contributed by atoms with Gasteiger partial charge in [0.15, 0.2) is 0 Å². The summed E-state index contributed by atoms with van der Waals surface area (Å²) in [6.07, 6.45) is 82.7. The van der Waals surface area contributed by atoms with Gasteiger partial charge in [-0.1, -0.05) is 310 Å². The van der Waals surface area contributed by atoms with Crippen molar-refractivity contribution in [3.63, 3.8) is 0 Å². The van der Waals surface area contributed by atoms with Gasteiger partial charge in [0, 0.05) is 11.9 Å². The maximum Gasteiger partial charge on any atom is 2.00 e. The molecule has 0 saturated carbocycles. The minimum absolute atomic E-state index is 0. The monoisotopic (exact) mass is 1120 g/mol. The average Bonchev–Trinajstić information content (AvgIpc) is 3.32. The standard InChI is InChI=1S/C59H122P2.2C2H4O2.Pd/c1-5-9-13-17-21-25-29-33-37-41-45-49-54-60(55-50-46-42-38-34-30-26-22-18-14-10-6-2)58-53-59-61(56-51-47-43-39-35-31-27-23-19-15-11-7-3)57-52-48-44-40-36-32-28-24-20-16-12-8-4;2*1-2(3)4;/h5-59H2,1-4H3;2*1H3,(H,3,4);/q;;;+2/p-2. The summed E-state index contributed by atoms with van der Waals surface area (Å²) in [5, 5.41) is 17.8. The first-order valence-electron chi connectivity index (χ1n) is 31.5. The second-order valence-electron chi connectivity index (χ2n) is 21.6. The molecule has 0 aromatic heterocycles. The largest absolute Gasteiger partial charge is 2.00 e. The molecule has 0 unspecified atom stereocenters. The number of carbonyl (C=O) groups excluding carboxylic acids is 2. The van der Waals surface area contributed by atoms with E-state index in [4.69, 9.17) is 19.8 Å². The van der Waals surface area contributed by atoms with Crippen molar-refractivity contribution in [2.45, 2.75) is 356 Å². The van der Waals surface area contributed by atoms with Gasteiger partial charge in [-0.05, 0) is 82.9 Å². The number of carboxylic acids is 2. The Hall–Kier alpha value is 0.462. The zero-order chi connectivity index (χ0) is 51.2. The van der Waals surface area contributed by atoms with E-state index < -0.39 is 11.9 Å². The van der Waals surface area contributed by atoms with Crippen molar-refractivity contribution in [3.8, 4) is 0 Å². The zero-order valence-electron chi connectivity index (χ0n) is 48.7. The van der Waals surface area contributed by atoms with Crippen LogP contribution in [0.3, 0.4) is 0 Å². The van der Waals surface area contributed by atoms with Crippen molar-refractivity contribution in [2.75, 3.05) is 37.0 Å². The summed E-state index contributed by atoms with van der Waals surface area (Å²) < 4.78 is 0. The van der Waals surface area contributed by atoms with Crippen molar-refractivity contribution < 1.29 is 40.2 Å². The maximum absolute atomic E-state index is 8.89. The van der Waals surface area contributed by atoms with Gasteiger partial charge in [-0.25, -0.2) is 0 Å². The van der Waals surface area contributed by atoms with Gasteiger partial charge in [-0.15, -0.1) is 15.8 Å². The molecule has 0 N–H and O–H groups in total. The molecule has 0 aliphatic rings. The van der Waals surface area contributed by atoms with E-state index in [-0.39, 0.29) is 36.3 Å². The summed E-state index contributed by atoms with van der Waals surface area (Å²) in [7, 11) is 0.562. The van der Waals surface area contributed by atoms with Gasteiger partial charge >= 0.3 is 20.4 Å². The number of hydrogen-bond donors (Lipinski definition) is 0. The third kappa shape index (κ3) is 79.9. The summed E-state index contributed by atoms with van der Waals surface area (Å²) in [6, 6.07) is 0. The molecule has 0 spiro atoms. The summed E-state index contributed by atoms with van der Waals surface area (Å²) in [5.41, 5.74) is 0. The van der Waals surface area contributed by atoms with Crippen LogP contribution < -0.4 is 10.2 Å². The number of hydrogen-bond acceptors (Lipinski definition) is 4. The van der Waals surface area contributed by atoms with Crippen LogP contribution in [0.2, 0.25) is 0 Å². The Morgan fingerprint density at radius 3 is 0.457 bits per heavy atom. The van der Waals surface area contributed by atoms with Gasteiger partial charge in [-0.3, -0.25) is 0 Å². The zero-order valence-corrected chi connectivity index (χ0v) is 52.1. The Morgan fingerprint density at radius 1 is 0.229 bits per heavy atom. The second-order valence-corrected chi connectivity index (χ2v) is 26.9. The van der Waals surface area contributed by atoms with E-state index in [0.717, 1.165) is 13.8 Å². The molecule has 0 aliphatic heterocycles. The molecule has 70 heavy (non-hydrogen) atoms. The number of carbonyl (C=O) groups is 2. The molecule has 0 aromatic carbocycles. The van der Waals surface area contributed by atoms with Crippen LogP contribution in [-0.2, 0) is 30.0 Å². The van der Waals surface area contributed by atoms with Gasteiger partial charge in [0.1, 0.15) is 0 Å². The SMILES string of the molecule is CC(=O)[O-].CC(=O)[O-].CCCCCCCCCCCCCCP(CCCCCCCCCCCCCC)CCCP(CCCCCCCCCCCCCC)CCCCCCCCCCCCCC.[Pd+2]. The van der Waals surface area contributed by atoms with E-state index in [0.29, 0.717) is 0 Å². The minimum atomic E-state index is -1.08. The van der Waals surface area contributed by atoms with Crippen molar-refractivity contribution in [1.29, 1.82) is 0 Å². The van der Waals surface area contributed by atoms with Gasteiger partial charge in [0.05, 0.1) is 0 Å². The first kappa shape index (κ1) is 77.0. The smallest absolute Gasteiger partial charge is 0.550 e. The fourth-order valence-corrected chi connectivity index (χ4v) is 15.4. The maximum atomic E-state index is 8.89. The van der Waals surface area contributed by atoms with E-state index in [2.05, 4.69) is 27.7 Å². The Morgan fingerprint density at radius 2 is 0.329 bits per heavy atom. The van der Waals surface area contributed by atoms with E-state index in [1.54, 1.807) is 69.1 Å². The summed E-state index contributed by atoms with van der Waals surface area (Å²) in [5.74, 6) is -2.17. The Kier molecular flexibility index (Phi) is 78.7. The molecule has 0 fully saturated rings. The second kappa shape index (κ2) is 71.5. The van der Waals surface area contributed by atoms with Crippen LogP contribution in [0.1, 0.15) is 356 Å². The molecule has 0 rings (SSSR count). The molecule has 0 aromatic rings. The first-order valence-corrected chi connectivity index (χ1v) is 35.3. The van der Waals surface area contributed by atoms with Crippen molar-refractivity contribution in [3.05, 3.63) is 0 Å². The van der Waals surface area contributed by atoms with Gasteiger partial charge in [-0.2, -0.15) is 0 Å². The fourth-order valence-electron chi connectivity index (χ4n) is 9.89. The molecule has 0 saturated heterocycles. The predicted octanol–water partition coefficient (Wildman–Crippen LogP) is 20.7. The van der Waals surface area contributed by atoms with Crippen molar-refractivity contribution in [1.82, 2.24) is 0 Å². The van der Waals surface area contributed by atoms with Gasteiger partial charge in [0.2, 0.25) is 0 Å². The van der Waals surface area contributed by atoms with E-state index in [1.807, 2.05) is 0 Å².